The minimum absolute atomic E-state index is 0.135. The van der Waals surface area contributed by atoms with Gasteiger partial charge in [0.05, 0.1) is 5.69 Å². The number of halogens is 1. The normalized spacial score (nSPS) is 10.9. The zero-order valence-electron chi connectivity index (χ0n) is 13.0. The second-order valence-electron chi connectivity index (χ2n) is 5.44. The highest BCUT2D eigenvalue weighted by Crippen LogP contribution is 2.25. The van der Waals surface area contributed by atoms with Gasteiger partial charge in [-0.15, -0.1) is 11.3 Å². The Labute approximate surface area is 152 Å². The maximum atomic E-state index is 12.3. The first kappa shape index (κ1) is 15.8. The van der Waals surface area contributed by atoms with Crippen LogP contribution in [0.4, 0.5) is 5.13 Å². The molecule has 1 N–H and O–H groups in total. The molecule has 0 aliphatic heterocycles. The molecule has 0 aliphatic rings. The van der Waals surface area contributed by atoms with Crippen LogP contribution < -0.4 is 5.32 Å². The number of anilines is 1. The number of nitrogens with one attached hydrogen (secondary N) is 1. The van der Waals surface area contributed by atoms with Crippen LogP contribution in [0.25, 0.3) is 22.2 Å². The first-order chi connectivity index (χ1) is 12.2. The Hall–Kier alpha value is -2.70. The monoisotopic (exact) mass is 368 g/mol. The number of hydrogen-bond donors (Lipinski definition) is 1. The molecule has 25 heavy (non-hydrogen) atoms. The lowest BCUT2D eigenvalue weighted by molar-refractivity contribution is -0.116. The minimum atomic E-state index is -0.135. The van der Waals surface area contributed by atoms with Crippen molar-refractivity contribution in [3.8, 4) is 11.3 Å². The molecular formula is C18H13ClN4OS. The Kier molecular flexibility index (Phi) is 4.21. The van der Waals surface area contributed by atoms with Crippen LogP contribution in [0.1, 0.15) is 0 Å². The lowest BCUT2D eigenvalue weighted by atomic mass is 10.2. The van der Waals surface area contributed by atoms with E-state index in [1.807, 2.05) is 52.5 Å². The van der Waals surface area contributed by atoms with Crippen LogP contribution in [0.5, 0.6) is 0 Å². The number of benzene rings is 1. The van der Waals surface area contributed by atoms with Crippen LogP contribution in [-0.4, -0.2) is 20.4 Å². The van der Waals surface area contributed by atoms with Crippen LogP contribution in [0.15, 0.2) is 60.4 Å². The van der Waals surface area contributed by atoms with Crippen molar-refractivity contribution in [1.82, 2.24) is 14.5 Å². The van der Waals surface area contributed by atoms with Crippen molar-refractivity contribution in [3.05, 3.63) is 65.4 Å². The molecule has 1 amide bonds. The molecule has 124 valence electrons. The van der Waals surface area contributed by atoms with Crippen LogP contribution in [0, 0.1) is 0 Å². The summed E-state index contributed by atoms with van der Waals surface area (Å²) in [5, 5.41) is 6.93. The number of thiazole rings is 1. The van der Waals surface area contributed by atoms with Crippen LogP contribution in [0.2, 0.25) is 5.02 Å². The van der Waals surface area contributed by atoms with Gasteiger partial charge in [0.25, 0.3) is 0 Å². The molecule has 0 spiro atoms. The van der Waals surface area contributed by atoms with Gasteiger partial charge >= 0.3 is 0 Å². The van der Waals surface area contributed by atoms with E-state index in [0.717, 1.165) is 22.2 Å². The zero-order chi connectivity index (χ0) is 17.2. The summed E-state index contributed by atoms with van der Waals surface area (Å²) in [5.41, 5.74) is 2.65. The number of carbonyl (C=O) groups excluding carboxylic acids is 1. The molecule has 0 atom stereocenters. The molecule has 3 aromatic heterocycles. The average Bonchev–Trinajstić information content (AvgIpc) is 3.24. The van der Waals surface area contributed by atoms with Crippen molar-refractivity contribution in [2.45, 2.75) is 6.54 Å². The molecule has 4 rings (SSSR count). The molecule has 0 aliphatic carbocycles. The SMILES string of the molecule is O=C(Cn1ccc2c(Cl)cccc21)Nc1nc(-c2cccnc2)cs1. The van der Waals surface area contributed by atoms with E-state index in [9.17, 15) is 4.79 Å². The Balaban J connectivity index is 1.49. The van der Waals surface area contributed by atoms with E-state index in [1.54, 1.807) is 12.4 Å². The summed E-state index contributed by atoms with van der Waals surface area (Å²) < 4.78 is 1.87. The predicted molar refractivity (Wildman–Crippen MR) is 101 cm³/mol. The summed E-state index contributed by atoms with van der Waals surface area (Å²) in [7, 11) is 0. The Morgan fingerprint density at radius 3 is 3.00 bits per heavy atom. The highest BCUT2D eigenvalue weighted by molar-refractivity contribution is 7.14. The molecule has 5 nitrogen and oxygen atoms in total. The molecule has 3 heterocycles. The quantitative estimate of drug-likeness (QED) is 0.578. The third kappa shape index (κ3) is 3.26. The summed E-state index contributed by atoms with van der Waals surface area (Å²) in [6, 6.07) is 11.4. The van der Waals surface area contributed by atoms with Gasteiger partial charge in [0.1, 0.15) is 6.54 Å². The van der Waals surface area contributed by atoms with Gasteiger partial charge in [0.2, 0.25) is 5.91 Å². The van der Waals surface area contributed by atoms with E-state index in [0.29, 0.717) is 10.2 Å². The van der Waals surface area contributed by atoms with Crippen molar-refractivity contribution in [2.75, 3.05) is 5.32 Å². The molecule has 0 saturated carbocycles. The fraction of sp³-hybridized carbons (Fsp3) is 0.0556. The van der Waals surface area contributed by atoms with Gasteiger partial charge in [0, 0.05) is 45.5 Å². The zero-order valence-corrected chi connectivity index (χ0v) is 14.6. The average molecular weight is 369 g/mol. The van der Waals surface area contributed by atoms with E-state index in [4.69, 9.17) is 11.6 Å². The van der Waals surface area contributed by atoms with Crippen molar-refractivity contribution in [3.63, 3.8) is 0 Å². The number of rotatable bonds is 4. The molecule has 4 aromatic rings. The van der Waals surface area contributed by atoms with Crippen molar-refractivity contribution < 1.29 is 4.79 Å². The Morgan fingerprint density at radius 2 is 2.16 bits per heavy atom. The van der Waals surface area contributed by atoms with Crippen molar-refractivity contribution in [2.24, 2.45) is 0 Å². The third-order valence-corrected chi connectivity index (χ3v) is 4.87. The van der Waals surface area contributed by atoms with Crippen molar-refractivity contribution in [1.29, 1.82) is 0 Å². The molecule has 0 unspecified atom stereocenters. The van der Waals surface area contributed by atoms with Gasteiger partial charge in [-0.05, 0) is 30.3 Å². The summed E-state index contributed by atoms with van der Waals surface area (Å²) in [4.78, 5) is 20.9. The maximum absolute atomic E-state index is 12.3. The van der Waals surface area contributed by atoms with E-state index >= 15 is 0 Å². The van der Waals surface area contributed by atoms with Crippen molar-refractivity contribution >= 4 is 44.9 Å². The highest BCUT2D eigenvalue weighted by atomic mass is 35.5. The van der Waals surface area contributed by atoms with Gasteiger partial charge in [-0.25, -0.2) is 4.98 Å². The van der Waals surface area contributed by atoms with Crippen LogP contribution in [0.3, 0.4) is 0 Å². The van der Waals surface area contributed by atoms with Crippen LogP contribution in [-0.2, 0) is 11.3 Å². The smallest absolute Gasteiger partial charge is 0.246 e. The highest BCUT2D eigenvalue weighted by Gasteiger charge is 2.11. The maximum Gasteiger partial charge on any atom is 0.246 e. The molecule has 0 saturated heterocycles. The largest absolute Gasteiger partial charge is 0.338 e. The van der Waals surface area contributed by atoms with Crippen LogP contribution >= 0.6 is 22.9 Å². The number of pyridine rings is 1. The second kappa shape index (κ2) is 6.66. The lowest BCUT2D eigenvalue weighted by Gasteiger charge is -2.05. The number of fused-ring (bicyclic) bond motifs is 1. The Bertz CT molecular complexity index is 1040. The molecule has 0 bridgehead atoms. The first-order valence-electron chi connectivity index (χ1n) is 7.60. The number of aromatic nitrogens is 3. The number of nitrogens with zero attached hydrogens (tertiary/aromatic N) is 3. The first-order valence-corrected chi connectivity index (χ1v) is 8.85. The topological polar surface area (TPSA) is 59.8 Å². The number of amides is 1. The Morgan fingerprint density at radius 1 is 1.24 bits per heavy atom. The predicted octanol–water partition coefficient (Wildman–Crippen LogP) is 4.45. The number of hydrogen-bond acceptors (Lipinski definition) is 4. The van der Waals surface area contributed by atoms with Gasteiger partial charge in [-0.2, -0.15) is 0 Å². The van der Waals surface area contributed by atoms with Gasteiger partial charge in [-0.1, -0.05) is 17.7 Å². The molecule has 1 aromatic carbocycles. The molecule has 0 radical (unpaired) electrons. The summed E-state index contributed by atoms with van der Waals surface area (Å²) in [5.74, 6) is -0.135. The minimum Gasteiger partial charge on any atom is -0.338 e. The van der Waals surface area contributed by atoms with E-state index in [2.05, 4.69) is 15.3 Å². The van der Waals surface area contributed by atoms with E-state index in [-0.39, 0.29) is 12.5 Å². The number of carbonyl (C=O) groups is 1. The van der Waals surface area contributed by atoms with E-state index in [1.165, 1.54) is 11.3 Å². The second-order valence-corrected chi connectivity index (χ2v) is 6.71. The fourth-order valence-corrected chi connectivity index (χ4v) is 3.58. The molecule has 0 fully saturated rings. The summed E-state index contributed by atoms with van der Waals surface area (Å²) in [6.45, 7) is 0.200. The molecule has 7 heteroatoms. The summed E-state index contributed by atoms with van der Waals surface area (Å²) >= 11 is 7.56. The molecular weight excluding hydrogens is 356 g/mol. The van der Waals surface area contributed by atoms with Gasteiger partial charge in [0.15, 0.2) is 5.13 Å². The summed E-state index contributed by atoms with van der Waals surface area (Å²) in [6.07, 6.45) is 5.32. The lowest BCUT2D eigenvalue weighted by Crippen LogP contribution is -2.18. The van der Waals surface area contributed by atoms with E-state index < -0.39 is 0 Å². The van der Waals surface area contributed by atoms with Gasteiger partial charge in [-0.3, -0.25) is 9.78 Å². The van der Waals surface area contributed by atoms with Gasteiger partial charge < -0.3 is 9.88 Å². The standard InChI is InChI=1S/C18H13ClN4OS/c19-14-4-1-5-16-13(14)6-8-23(16)10-17(24)22-18-21-15(11-25-18)12-3-2-7-20-9-12/h1-9,11H,10H2,(H,21,22,24). The fourth-order valence-electron chi connectivity index (χ4n) is 2.62. The third-order valence-electron chi connectivity index (χ3n) is 3.78.